The Balaban J connectivity index is 1.59. The highest BCUT2D eigenvalue weighted by atomic mass is 16.6. The van der Waals surface area contributed by atoms with Gasteiger partial charge in [-0.1, -0.05) is 24.3 Å². The van der Waals surface area contributed by atoms with Crippen LogP contribution in [-0.4, -0.2) is 24.5 Å². The summed E-state index contributed by atoms with van der Waals surface area (Å²) in [5, 5.41) is 19.6. The normalized spacial score (nSPS) is 10.1. The molecule has 3 rings (SSSR count). The third-order valence-corrected chi connectivity index (χ3v) is 4.39. The number of hydrogen-bond acceptors (Lipinski definition) is 5. The standard InChI is InChI=1S/C22H17N3O4/c1-24(19-8-10-20(11-9-19)25(27)28)22(26)15-29-21-12-6-18(7-13-21)17-4-2-16(14-23)3-5-17/h2-13H,15H2,1H3. The predicted octanol–water partition coefficient (Wildman–Crippen LogP) is 4.18. The lowest BCUT2D eigenvalue weighted by atomic mass is 10.0. The van der Waals surface area contributed by atoms with E-state index in [4.69, 9.17) is 10.00 Å². The van der Waals surface area contributed by atoms with E-state index in [0.29, 0.717) is 17.0 Å². The number of nitriles is 1. The summed E-state index contributed by atoms with van der Waals surface area (Å²) in [6.45, 7) is -0.163. The fraction of sp³-hybridized carbons (Fsp3) is 0.0909. The van der Waals surface area contributed by atoms with Crippen LogP contribution in [0.5, 0.6) is 5.75 Å². The summed E-state index contributed by atoms with van der Waals surface area (Å²) >= 11 is 0. The molecule has 0 N–H and O–H groups in total. The summed E-state index contributed by atoms with van der Waals surface area (Å²) in [5.41, 5.74) is 3.05. The molecule has 0 unspecified atom stereocenters. The van der Waals surface area contributed by atoms with Crippen molar-refractivity contribution in [1.82, 2.24) is 0 Å². The molecule has 1 amide bonds. The van der Waals surface area contributed by atoms with Crippen LogP contribution in [0.3, 0.4) is 0 Å². The number of amides is 1. The van der Waals surface area contributed by atoms with Crippen molar-refractivity contribution in [3.8, 4) is 22.9 Å². The van der Waals surface area contributed by atoms with Crippen LogP contribution in [0.2, 0.25) is 0 Å². The average Bonchev–Trinajstić information content (AvgIpc) is 2.77. The van der Waals surface area contributed by atoms with E-state index in [1.165, 1.54) is 29.2 Å². The maximum atomic E-state index is 12.3. The molecule has 7 nitrogen and oxygen atoms in total. The number of nitro groups is 1. The molecule has 0 atom stereocenters. The lowest BCUT2D eigenvalue weighted by molar-refractivity contribution is -0.384. The van der Waals surface area contributed by atoms with E-state index in [1.54, 1.807) is 31.3 Å². The van der Waals surface area contributed by atoms with Crippen molar-refractivity contribution in [1.29, 1.82) is 5.26 Å². The topological polar surface area (TPSA) is 96.5 Å². The van der Waals surface area contributed by atoms with Crippen molar-refractivity contribution in [2.24, 2.45) is 0 Å². The molecule has 3 aromatic rings. The largest absolute Gasteiger partial charge is 0.484 e. The number of likely N-dealkylation sites (N-methyl/N-ethyl adjacent to an activating group) is 1. The highest BCUT2D eigenvalue weighted by Crippen LogP contribution is 2.23. The quantitative estimate of drug-likeness (QED) is 0.467. The second-order valence-corrected chi connectivity index (χ2v) is 6.23. The number of anilines is 1. The molecule has 29 heavy (non-hydrogen) atoms. The minimum Gasteiger partial charge on any atom is -0.484 e. The van der Waals surface area contributed by atoms with E-state index in [1.807, 2.05) is 24.3 Å². The Kier molecular flexibility index (Phi) is 5.85. The first kappa shape index (κ1) is 19.6. The van der Waals surface area contributed by atoms with Crippen molar-refractivity contribution in [2.75, 3.05) is 18.6 Å². The van der Waals surface area contributed by atoms with Crippen LogP contribution in [0.15, 0.2) is 72.8 Å². The first-order valence-electron chi connectivity index (χ1n) is 8.72. The number of nitrogens with zero attached hydrogens (tertiary/aromatic N) is 3. The number of rotatable bonds is 6. The van der Waals surface area contributed by atoms with Gasteiger partial charge in [-0.15, -0.1) is 0 Å². The molecule has 0 spiro atoms. The van der Waals surface area contributed by atoms with Gasteiger partial charge in [-0.25, -0.2) is 0 Å². The van der Waals surface area contributed by atoms with Gasteiger partial charge >= 0.3 is 0 Å². The van der Waals surface area contributed by atoms with Gasteiger partial charge in [-0.2, -0.15) is 5.26 Å². The van der Waals surface area contributed by atoms with Gasteiger partial charge in [0.2, 0.25) is 0 Å². The average molecular weight is 387 g/mol. The van der Waals surface area contributed by atoms with Crippen LogP contribution >= 0.6 is 0 Å². The molecule has 0 saturated heterocycles. The van der Waals surface area contributed by atoms with Crippen LogP contribution in [0.4, 0.5) is 11.4 Å². The molecule has 0 saturated carbocycles. The van der Waals surface area contributed by atoms with Crippen LogP contribution in [0.25, 0.3) is 11.1 Å². The number of nitro benzene ring substituents is 1. The lowest BCUT2D eigenvalue weighted by Crippen LogP contribution is -2.31. The van der Waals surface area contributed by atoms with Crippen LogP contribution < -0.4 is 9.64 Å². The molecule has 7 heteroatoms. The molecule has 0 aliphatic heterocycles. The molecule has 0 fully saturated rings. The van der Waals surface area contributed by atoms with Crippen molar-refractivity contribution in [3.05, 3.63) is 88.5 Å². The second-order valence-electron chi connectivity index (χ2n) is 6.23. The van der Waals surface area contributed by atoms with Gasteiger partial charge in [0.15, 0.2) is 6.61 Å². The molecule has 0 aliphatic rings. The fourth-order valence-electron chi connectivity index (χ4n) is 2.66. The molecule has 0 heterocycles. The molecule has 0 radical (unpaired) electrons. The predicted molar refractivity (Wildman–Crippen MR) is 109 cm³/mol. The molecular weight excluding hydrogens is 370 g/mol. The maximum Gasteiger partial charge on any atom is 0.269 e. The highest BCUT2D eigenvalue weighted by Gasteiger charge is 2.13. The van der Waals surface area contributed by atoms with E-state index in [2.05, 4.69) is 6.07 Å². The number of hydrogen-bond donors (Lipinski definition) is 0. The Bertz CT molecular complexity index is 1050. The van der Waals surface area contributed by atoms with Crippen LogP contribution in [-0.2, 0) is 4.79 Å². The first-order valence-corrected chi connectivity index (χ1v) is 8.72. The Labute approximate surface area is 167 Å². The summed E-state index contributed by atoms with van der Waals surface area (Å²) in [5.74, 6) is 0.267. The summed E-state index contributed by atoms with van der Waals surface area (Å²) in [6, 6.07) is 22.4. The van der Waals surface area contributed by atoms with E-state index < -0.39 is 4.92 Å². The van der Waals surface area contributed by atoms with Gasteiger partial charge < -0.3 is 9.64 Å². The van der Waals surface area contributed by atoms with E-state index >= 15 is 0 Å². The number of non-ortho nitro benzene ring substituents is 1. The van der Waals surface area contributed by atoms with E-state index in [-0.39, 0.29) is 18.2 Å². The zero-order valence-electron chi connectivity index (χ0n) is 15.6. The van der Waals surface area contributed by atoms with Crippen molar-refractivity contribution in [2.45, 2.75) is 0 Å². The molecule has 0 aliphatic carbocycles. The summed E-state index contributed by atoms with van der Waals surface area (Å²) in [4.78, 5) is 23.9. The summed E-state index contributed by atoms with van der Waals surface area (Å²) < 4.78 is 5.56. The number of ether oxygens (including phenoxy) is 1. The molecule has 0 bridgehead atoms. The molecule has 144 valence electrons. The molecular formula is C22H17N3O4. The number of benzene rings is 3. The number of carbonyl (C=O) groups excluding carboxylic acids is 1. The third-order valence-electron chi connectivity index (χ3n) is 4.39. The SMILES string of the molecule is CN(C(=O)COc1ccc(-c2ccc(C#N)cc2)cc1)c1ccc([N+](=O)[O-])cc1. The maximum absolute atomic E-state index is 12.3. The minimum absolute atomic E-state index is 0.0341. The van der Waals surface area contributed by atoms with Gasteiger partial charge in [-0.05, 0) is 47.5 Å². The Morgan fingerprint density at radius 1 is 1.00 bits per heavy atom. The van der Waals surface area contributed by atoms with Gasteiger partial charge in [0.05, 0.1) is 16.6 Å². The van der Waals surface area contributed by atoms with Gasteiger partial charge in [0, 0.05) is 24.9 Å². The monoisotopic (exact) mass is 387 g/mol. The molecule has 3 aromatic carbocycles. The van der Waals surface area contributed by atoms with Gasteiger partial charge in [0.25, 0.3) is 11.6 Å². The zero-order valence-corrected chi connectivity index (χ0v) is 15.6. The van der Waals surface area contributed by atoms with Gasteiger partial charge in [0.1, 0.15) is 5.75 Å². The smallest absolute Gasteiger partial charge is 0.269 e. The highest BCUT2D eigenvalue weighted by molar-refractivity contribution is 5.94. The summed E-state index contributed by atoms with van der Waals surface area (Å²) in [7, 11) is 1.58. The van der Waals surface area contributed by atoms with E-state index in [9.17, 15) is 14.9 Å². The first-order chi connectivity index (χ1) is 14.0. The van der Waals surface area contributed by atoms with Crippen molar-refractivity contribution in [3.63, 3.8) is 0 Å². The zero-order chi connectivity index (χ0) is 20.8. The van der Waals surface area contributed by atoms with Gasteiger partial charge in [-0.3, -0.25) is 14.9 Å². The van der Waals surface area contributed by atoms with Crippen molar-refractivity contribution >= 4 is 17.3 Å². The Hall–Kier alpha value is -4.18. The second kappa shape index (κ2) is 8.67. The van der Waals surface area contributed by atoms with Crippen LogP contribution in [0.1, 0.15) is 5.56 Å². The lowest BCUT2D eigenvalue weighted by Gasteiger charge is -2.17. The third kappa shape index (κ3) is 4.76. The van der Waals surface area contributed by atoms with E-state index in [0.717, 1.165) is 11.1 Å². The van der Waals surface area contributed by atoms with Crippen molar-refractivity contribution < 1.29 is 14.5 Å². The van der Waals surface area contributed by atoms with Crippen LogP contribution in [0, 0.1) is 21.4 Å². The minimum atomic E-state index is -0.490. The summed E-state index contributed by atoms with van der Waals surface area (Å²) in [6.07, 6.45) is 0. The fourth-order valence-corrected chi connectivity index (χ4v) is 2.66. The Morgan fingerprint density at radius 2 is 1.55 bits per heavy atom. The number of carbonyl (C=O) groups is 1. The molecule has 0 aromatic heterocycles. The Morgan fingerprint density at radius 3 is 2.07 bits per heavy atom.